The second-order valence-electron chi connectivity index (χ2n) is 8.87. The monoisotopic (exact) mass is 479 g/mol. The Morgan fingerprint density at radius 3 is 2.66 bits per heavy atom. The average Bonchev–Trinajstić information content (AvgIpc) is 3.26. The van der Waals surface area contributed by atoms with Gasteiger partial charge in [-0.25, -0.2) is 18.2 Å². The third kappa shape index (κ3) is 4.48. The molecule has 0 N–H and O–H groups in total. The first-order valence-corrected chi connectivity index (χ1v) is 11.4. The lowest BCUT2D eigenvalue weighted by molar-refractivity contribution is 0.149. The van der Waals surface area contributed by atoms with E-state index in [-0.39, 0.29) is 23.1 Å². The summed E-state index contributed by atoms with van der Waals surface area (Å²) < 4.78 is 50.5. The van der Waals surface area contributed by atoms with Gasteiger partial charge in [0, 0.05) is 47.6 Å². The Morgan fingerprint density at radius 2 is 1.94 bits per heavy atom. The Morgan fingerprint density at radius 1 is 1.11 bits per heavy atom. The fourth-order valence-electron chi connectivity index (χ4n) is 4.69. The quantitative estimate of drug-likeness (QED) is 0.370. The predicted octanol–water partition coefficient (Wildman–Crippen LogP) is 5.69. The number of imidazole rings is 1. The van der Waals surface area contributed by atoms with Crippen LogP contribution in [-0.2, 0) is 6.42 Å². The van der Waals surface area contributed by atoms with E-state index in [2.05, 4.69) is 4.98 Å². The Kier molecular flexibility index (Phi) is 5.96. The largest absolute Gasteiger partial charge is 0.493 e. The maximum atomic E-state index is 14.0. The van der Waals surface area contributed by atoms with E-state index in [1.807, 2.05) is 42.8 Å². The van der Waals surface area contributed by atoms with E-state index in [9.17, 15) is 18.0 Å². The third-order valence-corrected chi connectivity index (χ3v) is 6.35. The molecule has 0 aliphatic carbocycles. The first kappa shape index (κ1) is 23.0. The van der Waals surface area contributed by atoms with Gasteiger partial charge in [-0.2, -0.15) is 0 Å². The Labute approximate surface area is 200 Å². The molecule has 0 bridgehead atoms. The van der Waals surface area contributed by atoms with Gasteiger partial charge in [0.1, 0.15) is 11.6 Å². The molecule has 1 atom stereocenters. The van der Waals surface area contributed by atoms with Gasteiger partial charge in [-0.1, -0.05) is 12.1 Å². The molecular formula is C27H24F3N3O2. The number of hydrogen-bond acceptors (Lipinski definition) is 3. The van der Waals surface area contributed by atoms with Crippen molar-refractivity contribution in [3.8, 4) is 11.4 Å². The van der Waals surface area contributed by atoms with Crippen LogP contribution in [0.25, 0.3) is 5.69 Å². The van der Waals surface area contributed by atoms with Crippen molar-refractivity contribution in [1.82, 2.24) is 14.1 Å². The van der Waals surface area contributed by atoms with Crippen molar-refractivity contribution >= 4 is 0 Å². The van der Waals surface area contributed by atoms with Crippen molar-refractivity contribution < 1.29 is 17.9 Å². The maximum absolute atomic E-state index is 14.0. The van der Waals surface area contributed by atoms with Crippen molar-refractivity contribution in [2.45, 2.75) is 39.2 Å². The second-order valence-corrected chi connectivity index (χ2v) is 8.87. The normalized spacial score (nSPS) is 15.2. The molecule has 0 saturated heterocycles. The zero-order valence-corrected chi connectivity index (χ0v) is 19.3. The smallest absolute Gasteiger partial charge is 0.265 e. The molecule has 4 aromatic rings. The van der Waals surface area contributed by atoms with E-state index >= 15 is 0 Å². The maximum Gasteiger partial charge on any atom is 0.265 e. The highest BCUT2D eigenvalue weighted by Crippen LogP contribution is 2.35. The molecule has 5 nitrogen and oxygen atoms in total. The zero-order chi connectivity index (χ0) is 24.7. The summed E-state index contributed by atoms with van der Waals surface area (Å²) in [6.07, 6.45) is 2.67. The molecule has 2 aromatic carbocycles. The van der Waals surface area contributed by atoms with Gasteiger partial charge in [0.15, 0.2) is 0 Å². The van der Waals surface area contributed by atoms with Crippen LogP contribution < -0.4 is 10.3 Å². The van der Waals surface area contributed by atoms with Gasteiger partial charge in [-0.05, 0) is 55.3 Å². The van der Waals surface area contributed by atoms with Crippen LogP contribution in [0.5, 0.6) is 5.75 Å². The summed E-state index contributed by atoms with van der Waals surface area (Å²) in [5.74, 6) is -0.0133. The third-order valence-electron chi connectivity index (χ3n) is 6.35. The van der Waals surface area contributed by atoms with Gasteiger partial charge in [0.05, 0.1) is 24.7 Å². The van der Waals surface area contributed by atoms with E-state index in [1.54, 1.807) is 6.33 Å². The fraction of sp³-hybridized carbons (Fsp3) is 0.259. The molecule has 0 amide bonds. The van der Waals surface area contributed by atoms with Gasteiger partial charge in [0.2, 0.25) is 0 Å². The number of aryl methyl sites for hydroxylation is 2. The van der Waals surface area contributed by atoms with Crippen LogP contribution in [0.15, 0.2) is 66.0 Å². The number of ether oxygens (including phenoxy) is 1. The highest BCUT2D eigenvalue weighted by atomic mass is 19.3. The number of alkyl halides is 2. The van der Waals surface area contributed by atoms with Gasteiger partial charge in [0.25, 0.3) is 12.0 Å². The molecule has 35 heavy (non-hydrogen) atoms. The SMILES string of the molecule is Cc1cn(-c2ccc(Cc3cc(C(F)F)cn(C4CCOc5ccc(F)cc54)c3=O)cc2C)cn1. The highest BCUT2D eigenvalue weighted by Gasteiger charge is 2.26. The Bertz CT molecular complexity index is 1460. The molecule has 1 aliphatic heterocycles. The van der Waals surface area contributed by atoms with E-state index in [0.717, 1.165) is 22.5 Å². The van der Waals surface area contributed by atoms with Crippen LogP contribution in [0, 0.1) is 19.7 Å². The van der Waals surface area contributed by atoms with Crippen LogP contribution in [0.2, 0.25) is 0 Å². The number of pyridine rings is 1. The summed E-state index contributed by atoms with van der Waals surface area (Å²) >= 11 is 0. The summed E-state index contributed by atoms with van der Waals surface area (Å²) in [6.45, 7) is 4.17. The van der Waals surface area contributed by atoms with Crippen LogP contribution in [-0.4, -0.2) is 20.7 Å². The number of hydrogen-bond donors (Lipinski definition) is 0. The topological polar surface area (TPSA) is 49.0 Å². The van der Waals surface area contributed by atoms with Crippen molar-refractivity contribution in [3.63, 3.8) is 0 Å². The molecule has 1 aliphatic rings. The van der Waals surface area contributed by atoms with E-state index < -0.39 is 18.3 Å². The number of nitrogens with zero attached hydrogens (tertiary/aromatic N) is 3. The van der Waals surface area contributed by atoms with E-state index in [1.165, 1.54) is 35.0 Å². The minimum Gasteiger partial charge on any atom is -0.493 e. The predicted molar refractivity (Wildman–Crippen MR) is 126 cm³/mol. The van der Waals surface area contributed by atoms with Crippen LogP contribution >= 0.6 is 0 Å². The lowest BCUT2D eigenvalue weighted by Gasteiger charge is -2.28. The van der Waals surface area contributed by atoms with Crippen molar-refractivity contribution in [3.05, 3.63) is 111 Å². The highest BCUT2D eigenvalue weighted by molar-refractivity contribution is 5.44. The molecule has 8 heteroatoms. The number of rotatable bonds is 5. The average molecular weight is 480 g/mol. The molecule has 1 unspecified atom stereocenters. The molecule has 0 fully saturated rings. The minimum absolute atomic E-state index is 0.197. The van der Waals surface area contributed by atoms with E-state index in [0.29, 0.717) is 24.3 Å². The number of halogens is 3. The molecule has 2 aromatic heterocycles. The standard InChI is InChI=1S/C27H24F3N3O2/c1-16-9-18(3-5-23(16)32-13-17(2)31-15-32)10-19-11-20(26(29)30)14-33(27(19)34)24-7-8-35-25-6-4-21(28)12-22(24)25/h3-6,9,11-15,24,26H,7-8,10H2,1-2H3. The van der Waals surface area contributed by atoms with Crippen LogP contribution in [0.3, 0.4) is 0 Å². The molecule has 0 saturated carbocycles. The van der Waals surface area contributed by atoms with Crippen molar-refractivity contribution in [1.29, 1.82) is 0 Å². The molecule has 0 radical (unpaired) electrons. The summed E-state index contributed by atoms with van der Waals surface area (Å²) in [6, 6.07) is 10.5. The van der Waals surface area contributed by atoms with Crippen LogP contribution in [0.1, 0.15) is 52.4 Å². The van der Waals surface area contributed by atoms with Crippen molar-refractivity contribution in [2.24, 2.45) is 0 Å². The summed E-state index contributed by atoms with van der Waals surface area (Å²) in [4.78, 5) is 17.7. The number of fused-ring (bicyclic) bond motifs is 1. The molecule has 0 spiro atoms. The van der Waals surface area contributed by atoms with Gasteiger partial charge in [-0.3, -0.25) is 4.79 Å². The van der Waals surface area contributed by atoms with Gasteiger partial charge in [-0.15, -0.1) is 0 Å². The van der Waals surface area contributed by atoms with Gasteiger partial charge < -0.3 is 13.9 Å². The molecule has 180 valence electrons. The zero-order valence-electron chi connectivity index (χ0n) is 19.3. The number of aromatic nitrogens is 3. The summed E-state index contributed by atoms with van der Waals surface area (Å²) in [7, 11) is 0. The van der Waals surface area contributed by atoms with Gasteiger partial charge >= 0.3 is 0 Å². The lowest BCUT2D eigenvalue weighted by Crippen LogP contribution is -2.31. The summed E-state index contributed by atoms with van der Waals surface area (Å²) in [5, 5.41) is 0. The second kappa shape index (κ2) is 9.09. The number of benzene rings is 2. The first-order chi connectivity index (χ1) is 16.8. The molecule has 5 rings (SSSR count). The Hall–Kier alpha value is -3.81. The molecule has 3 heterocycles. The van der Waals surface area contributed by atoms with Crippen LogP contribution in [0.4, 0.5) is 13.2 Å². The minimum atomic E-state index is -2.75. The van der Waals surface area contributed by atoms with E-state index in [4.69, 9.17) is 4.74 Å². The first-order valence-electron chi connectivity index (χ1n) is 11.4. The fourth-order valence-corrected chi connectivity index (χ4v) is 4.69. The molecular weight excluding hydrogens is 455 g/mol. The van der Waals surface area contributed by atoms with Crippen molar-refractivity contribution in [2.75, 3.05) is 6.61 Å². The lowest BCUT2D eigenvalue weighted by atomic mass is 9.98. The Balaban J connectivity index is 1.55. The summed E-state index contributed by atoms with van der Waals surface area (Å²) in [5.41, 5.74) is 3.77.